The van der Waals surface area contributed by atoms with Crippen LogP contribution in [-0.4, -0.2) is 10.4 Å². The predicted molar refractivity (Wildman–Crippen MR) is 61.1 cm³/mol. The molecule has 0 saturated carbocycles. The van der Waals surface area contributed by atoms with E-state index < -0.39 is 0 Å². The number of phenols is 1. The van der Waals surface area contributed by atoms with E-state index in [-0.39, 0.29) is 5.75 Å². The Kier molecular flexibility index (Phi) is 4.34. The standard InChI is InChI=1S/C10H8Br2O/c11-6-2-1-3-8-4-5-10(13)9(12)7-8/h4-5,7,13H,2,6H2. The molecular weight excluding hydrogens is 296 g/mol. The van der Waals surface area contributed by atoms with Crippen LogP contribution >= 0.6 is 31.9 Å². The minimum absolute atomic E-state index is 0.242. The maximum Gasteiger partial charge on any atom is 0.129 e. The highest BCUT2D eigenvalue weighted by atomic mass is 79.9. The van der Waals surface area contributed by atoms with E-state index in [9.17, 15) is 5.11 Å². The molecule has 0 heterocycles. The van der Waals surface area contributed by atoms with Gasteiger partial charge in [0.05, 0.1) is 4.47 Å². The molecule has 1 rings (SSSR count). The van der Waals surface area contributed by atoms with Crippen LogP contribution in [0.4, 0.5) is 0 Å². The maximum atomic E-state index is 9.21. The van der Waals surface area contributed by atoms with Crippen LogP contribution in [0.2, 0.25) is 0 Å². The Hall–Kier alpha value is -0.460. The average molecular weight is 304 g/mol. The Labute approximate surface area is 94.4 Å². The van der Waals surface area contributed by atoms with E-state index in [1.807, 2.05) is 0 Å². The molecule has 0 aromatic heterocycles. The Morgan fingerprint density at radius 1 is 1.38 bits per heavy atom. The monoisotopic (exact) mass is 302 g/mol. The lowest BCUT2D eigenvalue weighted by Crippen LogP contribution is -1.75. The fourth-order valence-corrected chi connectivity index (χ4v) is 1.37. The highest BCUT2D eigenvalue weighted by molar-refractivity contribution is 9.10. The maximum absolute atomic E-state index is 9.21. The van der Waals surface area contributed by atoms with Crippen LogP contribution in [0.3, 0.4) is 0 Å². The fourth-order valence-electron chi connectivity index (χ4n) is 0.796. The van der Waals surface area contributed by atoms with E-state index in [1.54, 1.807) is 18.2 Å². The van der Waals surface area contributed by atoms with Crippen LogP contribution < -0.4 is 0 Å². The molecule has 0 bridgehead atoms. The van der Waals surface area contributed by atoms with E-state index in [2.05, 4.69) is 43.7 Å². The van der Waals surface area contributed by atoms with Crippen molar-refractivity contribution in [2.45, 2.75) is 6.42 Å². The molecule has 0 aliphatic heterocycles. The van der Waals surface area contributed by atoms with Crippen molar-refractivity contribution >= 4 is 31.9 Å². The Bertz CT molecular complexity index is 350. The SMILES string of the molecule is Oc1ccc(C#CCCBr)cc1Br. The van der Waals surface area contributed by atoms with E-state index in [0.717, 1.165) is 17.3 Å². The summed E-state index contributed by atoms with van der Waals surface area (Å²) in [5, 5.41) is 10.1. The molecule has 0 saturated heterocycles. The van der Waals surface area contributed by atoms with Gasteiger partial charge < -0.3 is 5.11 Å². The first kappa shape index (κ1) is 10.6. The lowest BCUT2D eigenvalue weighted by Gasteiger charge is -1.95. The lowest BCUT2D eigenvalue weighted by molar-refractivity contribution is 0.472. The molecule has 0 amide bonds. The van der Waals surface area contributed by atoms with E-state index in [1.165, 1.54) is 0 Å². The lowest BCUT2D eigenvalue weighted by atomic mass is 10.2. The van der Waals surface area contributed by atoms with Crippen molar-refractivity contribution in [2.75, 3.05) is 5.33 Å². The molecule has 0 spiro atoms. The smallest absolute Gasteiger partial charge is 0.129 e. The number of halogens is 2. The molecule has 13 heavy (non-hydrogen) atoms. The second kappa shape index (κ2) is 5.31. The third-order valence-electron chi connectivity index (χ3n) is 1.40. The second-order valence-corrected chi connectivity index (χ2v) is 4.05. The van der Waals surface area contributed by atoms with Crippen molar-refractivity contribution in [1.82, 2.24) is 0 Å². The fraction of sp³-hybridized carbons (Fsp3) is 0.200. The van der Waals surface area contributed by atoms with Gasteiger partial charge in [-0.05, 0) is 34.1 Å². The van der Waals surface area contributed by atoms with Crippen molar-refractivity contribution in [3.8, 4) is 17.6 Å². The van der Waals surface area contributed by atoms with Gasteiger partial charge in [-0.25, -0.2) is 0 Å². The highest BCUT2D eigenvalue weighted by Gasteiger charge is 1.96. The number of benzene rings is 1. The Morgan fingerprint density at radius 3 is 2.77 bits per heavy atom. The molecular formula is C10H8Br2O. The zero-order valence-electron chi connectivity index (χ0n) is 6.85. The first-order valence-corrected chi connectivity index (χ1v) is 5.69. The van der Waals surface area contributed by atoms with Crippen LogP contribution in [0.15, 0.2) is 22.7 Å². The summed E-state index contributed by atoms with van der Waals surface area (Å²) >= 11 is 6.53. The van der Waals surface area contributed by atoms with Gasteiger partial charge in [-0.3, -0.25) is 0 Å². The van der Waals surface area contributed by atoms with Gasteiger partial charge in [0, 0.05) is 17.3 Å². The zero-order chi connectivity index (χ0) is 9.68. The predicted octanol–water partition coefficient (Wildman–Crippen LogP) is 3.29. The molecule has 1 aromatic carbocycles. The molecule has 1 N–H and O–H groups in total. The number of aromatic hydroxyl groups is 1. The number of alkyl halides is 1. The third kappa shape index (κ3) is 3.41. The van der Waals surface area contributed by atoms with Gasteiger partial charge in [-0.15, -0.1) is 0 Å². The third-order valence-corrected chi connectivity index (χ3v) is 2.43. The quantitative estimate of drug-likeness (QED) is 0.623. The highest BCUT2D eigenvalue weighted by Crippen LogP contribution is 2.23. The molecule has 68 valence electrons. The summed E-state index contributed by atoms with van der Waals surface area (Å²) in [4.78, 5) is 0. The summed E-state index contributed by atoms with van der Waals surface area (Å²) in [6.07, 6.45) is 0.832. The minimum atomic E-state index is 0.242. The van der Waals surface area contributed by atoms with Gasteiger partial charge in [0.15, 0.2) is 0 Å². The summed E-state index contributed by atoms with van der Waals surface area (Å²) in [6.45, 7) is 0. The molecule has 0 aliphatic rings. The molecule has 0 unspecified atom stereocenters. The summed E-state index contributed by atoms with van der Waals surface area (Å²) < 4.78 is 0.679. The van der Waals surface area contributed by atoms with Gasteiger partial charge in [-0.1, -0.05) is 27.8 Å². The molecule has 0 atom stereocenters. The van der Waals surface area contributed by atoms with Crippen LogP contribution in [0, 0.1) is 11.8 Å². The second-order valence-electron chi connectivity index (χ2n) is 2.41. The topological polar surface area (TPSA) is 20.2 Å². The first-order valence-electron chi connectivity index (χ1n) is 3.77. The summed E-state index contributed by atoms with van der Waals surface area (Å²) in [5.41, 5.74) is 0.908. The molecule has 0 fully saturated rings. The summed E-state index contributed by atoms with van der Waals surface area (Å²) in [7, 11) is 0. The Morgan fingerprint density at radius 2 is 2.15 bits per heavy atom. The van der Waals surface area contributed by atoms with E-state index in [0.29, 0.717) is 4.47 Å². The van der Waals surface area contributed by atoms with Gasteiger partial charge >= 0.3 is 0 Å². The van der Waals surface area contributed by atoms with Crippen LogP contribution in [0.25, 0.3) is 0 Å². The van der Waals surface area contributed by atoms with Crippen LogP contribution in [0.5, 0.6) is 5.75 Å². The van der Waals surface area contributed by atoms with Crippen molar-refractivity contribution in [3.05, 3.63) is 28.2 Å². The average Bonchev–Trinajstić information content (AvgIpc) is 2.12. The molecule has 1 nitrogen and oxygen atoms in total. The van der Waals surface area contributed by atoms with Gasteiger partial charge in [0.2, 0.25) is 0 Å². The van der Waals surface area contributed by atoms with Crippen molar-refractivity contribution in [1.29, 1.82) is 0 Å². The molecule has 0 aliphatic carbocycles. The first-order chi connectivity index (χ1) is 6.24. The van der Waals surface area contributed by atoms with Gasteiger partial charge in [0.1, 0.15) is 5.75 Å². The molecule has 3 heteroatoms. The number of phenolic OH excluding ortho intramolecular Hbond substituents is 1. The number of hydrogen-bond donors (Lipinski definition) is 1. The zero-order valence-corrected chi connectivity index (χ0v) is 10.0. The van der Waals surface area contributed by atoms with Crippen LogP contribution in [-0.2, 0) is 0 Å². The Balaban J connectivity index is 2.81. The molecule has 1 aromatic rings. The summed E-state index contributed by atoms with van der Waals surface area (Å²) in [6, 6.07) is 5.22. The van der Waals surface area contributed by atoms with Crippen molar-refractivity contribution in [2.24, 2.45) is 0 Å². The largest absolute Gasteiger partial charge is 0.507 e. The minimum Gasteiger partial charge on any atom is -0.507 e. The van der Waals surface area contributed by atoms with Crippen LogP contribution in [0.1, 0.15) is 12.0 Å². The van der Waals surface area contributed by atoms with E-state index >= 15 is 0 Å². The summed E-state index contributed by atoms with van der Waals surface area (Å²) in [5.74, 6) is 6.23. The molecule has 0 radical (unpaired) electrons. The number of hydrogen-bond acceptors (Lipinski definition) is 1. The number of rotatable bonds is 1. The van der Waals surface area contributed by atoms with Crippen molar-refractivity contribution in [3.63, 3.8) is 0 Å². The van der Waals surface area contributed by atoms with Gasteiger partial charge in [0.25, 0.3) is 0 Å². The normalized spacial score (nSPS) is 9.08. The van der Waals surface area contributed by atoms with E-state index in [4.69, 9.17) is 0 Å². The van der Waals surface area contributed by atoms with Crippen molar-refractivity contribution < 1.29 is 5.11 Å². The van der Waals surface area contributed by atoms with Gasteiger partial charge in [-0.2, -0.15) is 0 Å².